The van der Waals surface area contributed by atoms with E-state index in [9.17, 15) is 14.4 Å². The summed E-state index contributed by atoms with van der Waals surface area (Å²) in [5.41, 5.74) is 0. The van der Waals surface area contributed by atoms with Crippen molar-refractivity contribution in [1.29, 1.82) is 0 Å². The van der Waals surface area contributed by atoms with Gasteiger partial charge in [0.2, 0.25) is 17.7 Å². The lowest BCUT2D eigenvalue weighted by atomic mass is 10.1. The summed E-state index contributed by atoms with van der Waals surface area (Å²) in [6.07, 6.45) is 6.23. The van der Waals surface area contributed by atoms with E-state index in [1.807, 2.05) is 9.80 Å². The van der Waals surface area contributed by atoms with E-state index in [1.165, 1.54) is 0 Å². The monoisotopic (exact) mass is 307 g/mol. The quantitative estimate of drug-likeness (QED) is 0.808. The van der Waals surface area contributed by atoms with Gasteiger partial charge in [-0.25, -0.2) is 0 Å². The summed E-state index contributed by atoms with van der Waals surface area (Å²) in [6.45, 7) is 2.64. The zero-order valence-electron chi connectivity index (χ0n) is 13.1. The lowest BCUT2D eigenvalue weighted by Crippen LogP contribution is -2.46. The molecule has 1 N–H and O–H groups in total. The highest BCUT2D eigenvalue weighted by atomic mass is 16.2. The van der Waals surface area contributed by atoms with Gasteiger partial charge in [0.15, 0.2) is 0 Å². The molecule has 122 valence electrons. The van der Waals surface area contributed by atoms with Crippen LogP contribution in [0.4, 0.5) is 0 Å². The van der Waals surface area contributed by atoms with Crippen molar-refractivity contribution >= 4 is 17.7 Å². The molecule has 3 aliphatic rings. The number of nitrogens with one attached hydrogen (secondary N) is 1. The van der Waals surface area contributed by atoms with Crippen molar-refractivity contribution in [3.05, 3.63) is 0 Å². The number of hydrogen-bond donors (Lipinski definition) is 1. The molecule has 6 heteroatoms. The molecular weight excluding hydrogens is 282 g/mol. The minimum Gasteiger partial charge on any atom is -0.344 e. The Balaban J connectivity index is 1.54. The van der Waals surface area contributed by atoms with Crippen molar-refractivity contribution in [2.45, 2.75) is 51.0 Å². The molecule has 0 spiro atoms. The maximum atomic E-state index is 12.5. The fourth-order valence-electron chi connectivity index (χ4n) is 3.81. The number of carbonyl (C=O) groups excluding carboxylic acids is 3. The number of hydrogen-bond acceptors (Lipinski definition) is 3. The highest BCUT2D eigenvalue weighted by Crippen LogP contribution is 2.27. The maximum absolute atomic E-state index is 12.5. The van der Waals surface area contributed by atoms with Gasteiger partial charge in [0, 0.05) is 38.5 Å². The third-order valence-corrected chi connectivity index (χ3v) is 5.12. The number of nitrogens with zero attached hydrogens (tertiary/aromatic N) is 2. The molecule has 0 aromatic heterocycles. The summed E-state index contributed by atoms with van der Waals surface area (Å²) < 4.78 is 0. The predicted molar refractivity (Wildman–Crippen MR) is 80.9 cm³/mol. The fourth-order valence-corrected chi connectivity index (χ4v) is 3.81. The number of rotatable bonds is 2. The first kappa shape index (κ1) is 15.3. The van der Waals surface area contributed by atoms with Crippen LogP contribution in [0.3, 0.4) is 0 Å². The standard InChI is InChI=1S/C16H25N3O3/c20-14-7-6-13(17-14)16(22)19-9-3-8-18(10-11-19)15(21)12-4-1-2-5-12/h12-13H,1-11H2,(H,17,20). The SMILES string of the molecule is O=C1CCC(C(=O)N2CCCN(C(=O)C3CCCC3)CC2)N1. The largest absolute Gasteiger partial charge is 0.344 e. The van der Waals surface area contributed by atoms with Crippen molar-refractivity contribution in [3.8, 4) is 0 Å². The van der Waals surface area contributed by atoms with Crippen LogP contribution in [0.25, 0.3) is 0 Å². The third kappa shape index (κ3) is 3.25. The van der Waals surface area contributed by atoms with Gasteiger partial charge in [0.05, 0.1) is 0 Å². The molecule has 0 radical (unpaired) electrons. The molecule has 1 unspecified atom stereocenters. The molecule has 1 saturated carbocycles. The second kappa shape index (κ2) is 6.67. The van der Waals surface area contributed by atoms with Gasteiger partial charge < -0.3 is 15.1 Å². The van der Waals surface area contributed by atoms with E-state index in [0.29, 0.717) is 32.5 Å². The van der Waals surface area contributed by atoms with Gasteiger partial charge in [-0.15, -0.1) is 0 Å². The average molecular weight is 307 g/mol. The van der Waals surface area contributed by atoms with Gasteiger partial charge >= 0.3 is 0 Å². The van der Waals surface area contributed by atoms with Crippen LogP contribution in [0.1, 0.15) is 44.9 Å². The Morgan fingerprint density at radius 3 is 2.09 bits per heavy atom. The van der Waals surface area contributed by atoms with Crippen LogP contribution in [0, 0.1) is 5.92 Å². The molecule has 1 aliphatic carbocycles. The van der Waals surface area contributed by atoms with Gasteiger partial charge in [-0.1, -0.05) is 12.8 Å². The van der Waals surface area contributed by atoms with E-state index in [1.54, 1.807) is 0 Å². The lowest BCUT2D eigenvalue weighted by Gasteiger charge is -2.25. The first-order chi connectivity index (χ1) is 10.6. The number of amides is 3. The Morgan fingerprint density at radius 2 is 1.50 bits per heavy atom. The summed E-state index contributed by atoms with van der Waals surface area (Å²) in [7, 11) is 0. The molecule has 3 fully saturated rings. The first-order valence-electron chi connectivity index (χ1n) is 8.52. The maximum Gasteiger partial charge on any atom is 0.245 e. The molecule has 6 nitrogen and oxygen atoms in total. The second-order valence-corrected chi connectivity index (χ2v) is 6.64. The molecule has 0 bridgehead atoms. The van der Waals surface area contributed by atoms with Crippen LogP contribution in [0.15, 0.2) is 0 Å². The van der Waals surface area contributed by atoms with E-state index < -0.39 is 0 Å². The normalized spacial score (nSPS) is 26.9. The Morgan fingerprint density at radius 1 is 0.864 bits per heavy atom. The Bertz CT molecular complexity index is 460. The highest BCUT2D eigenvalue weighted by molar-refractivity contribution is 5.90. The molecular formula is C16H25N3O3. The summed E-state index contributed by atoms with van der Waals surface area (Å²) in [5.74, 6) is 0.463. The molecule has 0 aromatic rings. The fraction of sp³-hybridized carbons (Fsp3) is 0.812. The molecule has 2 heterocycles. The van der Waals surface area contributed by atoms with Crippen LogP contribution in [0.2, 0.25) is 0 Å². The van der Waals surface area contributed by atoms with Crippen molar-refractivity contribution in [2.24, 2.45) is 5.92 Å². The smallest absolute Gasteiger partial charge is 0.245 e. The van der Waals surface area contributed by atoms with E-state index in [4.69, 9.17) is 0 Å². The van der Waals surface area contributed by atoms with Gasteiger partial charge in [-0.2, -0.15) is 0 Å². The van der Waals surface area contributed by atoms with Crippen LogP contribution in [-0.2, 0) is 14.4 Å². The van der Waals surface area contributed by atoms with Crippen LogP contribution < -0.4 is 5.32 Å². The molecule has 1 atom stereocenters. The van der Waals surface area contributed by atoms with Crippen molar-refractivity contribution in [3.63, 3.8) is 0 Å². The summed E-state index contributed by atoms with van der Waals surface area (Å²) in [5, 5.41) is 2.74. The molecule has 3 rings (SSSR count). The first-order valence-corrected chi connectivity index (χ1v) is 8.52. The number of carbonyl (C=O) groups is 3. The zero-order valence-corrected chi connectivity index (χ0v) is 13.1. The Kier molecular flexibility index (Phi) is 4.64. The van der Waals surface area contributed by atoms with E-state index in [0.717, 1.165) is 38.6 Å². The van der Waals surface area contributed by atoms with Crippen molar-refractivity contribution in [2.75, 3.05) is 26.2 Å². The van der Waals surface area contributed by atoms with Crippen LogP contribution in [0.5, 0.6) is 0 Å². The highest BCUT2D eigenvalue weighted by Gasteiger charge is 2.33. The van der Waals surface area contributed by atoms with E-state index in [2.05, 4.69) is 5.32 Å². The van der Waals surface area contributed by atoms with Crippen LogP contribution in [-0.4, -0.2) is 59.7 Å². The zero-order chi connectivity index (χ0) is 15.5. The van der Waals surface area contributed by atoms with Gasteiger partial charge in [-0.05, 0) is 25.7 Å². The van der Waals surface area contributed by atoms with Crippen molar-refractivity contribution < 1.29 is 14.4 Å². The topological polar surface area (TPSA) is 69.7 Å². The van der Waals surface area contributed by atoms with Gasteiger partial charge in [-0.3, -0.25) is 14.4 Å². The van der Waals surface area contributed by atoms with Crippen LogP contribution >= 0.6 is 0 Å². The third-order valence-electron chi connectivity index (χ3n) is 5.12. The van der Waals surface area contributed by atoms with Crippen molar-refractivity contribution in [1.82, 2.24) is 15.1 Å². The minimum absolute atomic E-state index is 0.0148. The summed E-state index contributed by atoms with van der Waals surface area (Å²) >= 11 is 0. The molecule has 2 aliphatic heterocycles. The van der Waals surface area contributed by atoms with E-state index in [-0.39, 0.29) is 29.7 Å². The van der Waals surface area contributed by atoms with E-state index >= 15 is 0 Å². The van der Waals surface area contributed by atoms with Gasteiger partial charge in [0.1, 0.15) is 6.04 Å². The molecule has 3 amide bonds. The Labute approximate surface area is 131 Å². The minimum atomic E-state index is -0.357. The second-order valence-electron chi connectivity index (χ2n) is 6.64. The lowest BCUT2D eigenvalue weighted by molar-refractivity contribution is -0.137. The summed E-state index contributed by atoms with van der Waals surface area (Å²) in [6, 6.07) is -0.357. The Hall–Kier alpha value is -1.59. The molecule has 2 saturated heterocycles. The molecule has 0 aromatic carbocycles. The average Bonchev–Trinajstić information content (AvgIpc) is 3.13. The van der Waals surface area contributed by atoms with Gasteiger partial charge in [0.25, 0.3) is 0 Å². The predicted octanol–water partition coefficient (Wildman–Crippen LogP) is 0.516. The summed E-state index contributed by atoms with van der Waals surface area (Å²) in [4.78, 5) is 40.0. The molecule has 22 heavy (non-hydrogen) atoms.